The largest absolute Gasteiger partial charge is 0.507 e. The number of carbonyl (C=O) groups is 2. The summed E-state index contributed by atoms with van der Waals surface area (Å²) in [6.07, 6.45) is 0. The van der Waals surface area contributed by atoms with Gasteiger partial charge in [0.25, 0.3) is 5.91 Å². The molecule has 1 heterocycles. The second-order valence-corrected chi connectivity index (χ2v) is 8.12. The lowest BCUT2D eigenvalue weighted by Gasteiger charge is -2.26. The third-order valence-electron chi connectivity index (χ3n) is 4.20. The number of nitrogens with one attached hydrogen (secondary N) is 1. The number of morpholine rings is 1. The topological polar surface area (TPSA) is 122 Å². The Morgan fingerprint density at radius 3 is 2.38 bits per heavy atom. The first-order valence-corrected chi connectivity index (χ1v) is 10.2. The minimum atomic E-state index is -3.62. The number of benzene rings is 2. The van der Waals surface area contributed by atoms with E-state index in [1.165, 1.54) is 40.7 Å². The molecule has 0 unspecified atom stereocenters. The molecule has 29 heavy (non-hydrogen) atoms. The Morgan fingerprint density at radius 2 is 1.72 bits per heavy atom. The molecule has 154 valence electrons. The van der Waals surface area contributed by atoms with Gasteiger partial charge in [0, 0.05) is 18.8 Å². The first-order valence-electron chi connectivity index (χ1n) is 8.81. The van der Waals surface area contributed by atoms with Crippen LogP contribution in [-0.2, 0) is 24.3 Å². The van der Waals surface area contributed by atoms with Crippen molar-refractivity contribution in [3.63, 3.8) is 0 Å². The summed E-state index contributed by atoms with van der Waals surface area (Å²) in [7, 11) is -3.62. The molecule has 0 aliphatic carbocycles. The second kappa shape index (κ2) is 9.03. The van der Waals surface area contributed by atoms with Crippen molar-refractivity contribution in [3.05, 3.63) is 54.1 Å². The van der Waals surface area contributed by atoms with Crippen molar-refractivity contribution in [2.75, 3.05) is 38.2 Å². The van der Waals surface area contributed by atoms with Gasteiger partial charge >= 0.3 is 5.97 Å². The molecule has 2 aromatic rings. The molecule has 0 aromatic heterocycles. The van der Waals surface area contributed by atoms with Crippen LogP contribution >= 0.6 is 0 Å². The van der Waals surface area contributed by atoms with Gasteiger partial charge in [-0.2, -0.15) is 4.31 Å². The molecule has 1 saturated heterocycles. The summed E-state index contributed by atoms with van der Waals surface area (Å²) in [5.74, 6) is -1.67. The average Bonchev–Trinajstić information content (AvgIpc) is 2.73. The number of rotatable bonds is 6. The van der Waals surface area contributed by atoms with Crippen molar-refractivity contribution in [3.8, 4) is 5.75 Å². The minimum absolute atomic E-state index is 0.0435. The van der Waals surface area contributed by atoms with E-state index in [-0.39, 0.29) is 16.2 Å². The Hall–Kier alpha value is -2.95. The van der Waals surface area contributed by atoms with Gasteiger partial charge in [-0.3, -0.25) is 4.79 Å². The van der Waals surface area contributed by atoms with E-state index in [2.05, 4.69) is 5.32 Å². The zero-order chi connectivity index (χ0) is 20.9. The Labute approximate surface area is 167 Å². The summed E-state index contributed by atoms with van der Waals surface area (Å²) in [5, 5.41) is 12.1. The zero-order valence-electron chi connectivity index (χ0n) is 15.4. The molecule has 1 fully saturated rings. The second-order valence-electron chi connectivity index (χ2n) is 6.18. The maximum atomic E-state index is 12.6. The van der Waals surface area contributed by atoms with Gasteiger partial charge < -0.3 is 19.9 Å². The van der Waals surface area contributed by atoms with Gasteiger partial charge in [-0.1, -0.05) is 12.1 Å². The van der Waals surface area contributed by atoms with Crippen LogP contribution in [0.4, 0.5) is 5.69 Å². The number of phenolic OH excluding ortho intramolecular Hbond substituents is 1. The number of anilines is 1. The highest BCUT2D eigenvalue weighted by molar-refractivity contribution is 7.89. The fourth-order valence-electron chi connectivity index (χ4n) is 2.70. The number of phenols is 1. The number of amides is 1. The summed E-state index contributed by atoms with van der Waals surface area (Å²) in [5.41, 5.74) is 0.313. The number of para-hydroxylation sites is 1. The van der Waals surface area contributed by atoms with Crippen LogP contribution in [0.1, 0.15) is 10.4 Å². The van der Waals surface area contributed by atoms with Gasteiger partial charge in [0.05, 0.1) is 18.1 Å². The first-order chi connectivity index (χ1) is 13.9. The van der Waals surface area contributed by atoms with Crippen LogP contribution in [0.2, 0.25) is 0 Å². The van der Waals surface area contributed by atoms with Crippen LogP contribution in [-0.4, -0.2) is 62.6 Å². The van der Waals surface area contributed by atoms with Crippen molar-refractivity contribution in [1.29, 1.82) is 0 Å². The van der Waals surface area contributed by atoms with Crippen LogP contribution in [0, 0.1) is 0 Å². The van der Waals surface area contributed by atoms with Crippen LogP contribution in [0.3, 0.4) is 0 Å². The van der Waals surface area contributed by atoms with Crippen molar-refractivity contribution in [2.24, 2.45) is 0 Å². The van der Waals surface area contributed by atoms with E-state index in [9.17, 15) is 23.1 Å². The molecule has 9 nitrogen and oxygen atoms in total. The summed E-state index contributed by atoms with van der Waals surface area (Å²) in [6.45, 7) is 0.743. The summed E-state index contributed by atoms with van der Waals surface area (Å²) in [6, 6.07) is 11.5. The number of esters is 1. The van der Waals surface area contributed by atoms with Crippen molar-refractivity contribution in [2.45, 2.75) is 4.90 Å². The number of carbonyl (C=O) groups excluding carboxylic acids is 2. The summed E-state index contributed by atoms with van der Waals surface area (Å²) in [4.78, 5) is 24.0. The van der Waals surface area contributed by atoms with Crippen LogP contribution in [0.15, 0.2) is 53.4 Å². The van der Waals surface area contributed by atoms with Crippen molar-refractivity contribution >= 4 is 27.6 Å². The van der Waals surface area contributed by atoms with Gasteiger partial charge in [-0.05, 0) is 36.4 Å². The number of nitrogens with zero attached hydrogens (tertiary/aromatic N) is 1. The van der Waals surface area contributed by atoms with Crippen molar-refractivity contribution < 1.29 is 32.6 Å². The monoisotopic (exact) mass is 420 g/mol. The SMILES string of the molecule is O=C(COC(=O)c1ccccc1O)Nc1ccc(S(=O)(=O)N2CCOCC2)cc1. The van der Waals surface area contributed by atoms with Gasteiger partial charge in [0.2, 0.25) is 10.0 Å². The summed E-state index contributed by atoms with van der Waals surface area (Å²) >= 11 is 0. The fraction of sp³-hybridized carbons (Fsp3) is 0.263. The van der Waals surface area contributed by atoms with E-state index in [1.807, 2.05) is 0 Å². The van der Waals surface area contributed by atoms with E-state index in [4.69, 9.17) is 9.47 Å². The molecule has 0 radical (unpaired) electrons. The predicted octanol–water partition coefficient (Wildman–Crippen LogP) is 1.21. The number of hydrogen-bond acceptors (Lipinski definition) is 7. The lowest BCUT2D eigenvalue weighted by atomic mass is 10.2. The number of aromatic hydroxyl groups is 1. The van der Waals surface area contributed by atoms with Gasteiger partial charge in [0.15, 0.2) is 6.61 Å². The average molecular weight is 420 g/mol. The van der Waals surface area contributed by atoms with E-state index in [1.54, 1.807) is 12.1 Å². The third-order valence-corrected chi connectivity index (χ3v) is 6.12. The molecule has 1 aliphatic heterocycles. The van der Waals surface area contributed by atoms with Gasteiger partial charge in [0.1, 0.15) is 11.3 Å². The standard InChI is InChI=1S/C19H20N2O7S/c22-17-4-2-1-3-16(17)19(24)28-13-18(23)20-14-5-7-15(8-6-14)29(25,26)21-9-11-27-12-10-21/h1-8,22H,9-13H2,(H,20,23). The van der Waals surface area contributed by atoms with Crippen molar-refractivity contribution in [1.82, 2.24) is 4.31 Å². The van der Waals surface area contributed by atoms with Crippen LogP contribution < -0.4 is 5.32 Å². The molecule has 2 aromatic carbocycles. The molecular weight excluding hydrogens is 400 g/mol. The van der Waals surface area contributed by atoms with E-state index < -0.39 is 28.5 Å². The molecule has 1 amide bonds. The Kier molecular flexibility index (Phi) is 6.47. The lowest BCUT2D eigenvalue weighted by molar-refractivity contribution is -0.119. The molecule has 0 atom stereocenters. The lowest BCUT2D eigenvalue weighted by Crippen LogP contribution is -2.40. The number of ether oxygens (including phenoxy) is 2. The van der Waals surface area contributed by atoms with E-state index in [0.717, 1.165) is 0 Å². The highest BCUT2D eigenvalue weighted by Crippen LogP contribution is 2.20. The number of sulfonamides is 1. The maximum absolute atomic E-state index is 12.6. The first kappa shape index (κ1) is 20.8. The zero-order valence-corrected chi connectivity index (χ0v) is 16.2. The molecule has 10 heteroatoms. The Morgan fingerprint density at radius 1 is 1.07 bits per heavy atom. The third kappa shape index (κ3) is 5.11. The normalized spacial score (nSPS) is 14.9. The van der Waals surface area contributed by atoms with Crippen LogP contribution in [0.25, 0.3) is 0 Å². The van der Waals surface area contributed by atoms with E-state index >= 15 is 0 Å². The maximum Gasteiger partial charge on any atom is 0.342 e. The molecule has 3 rings (SSSR count). The fourth-order valence-corrected chi connectivity index (χ4v) is 4.11. The number of hydrogen-bond donors (Lipinski definition) is 2. The molecule has 0 saturated carbocycles. The highest BCUT2D eigenvalue weighted by atomic mass is 32.2. The van der Waals surface area contributed by atoms with Gasteiger partial charge in [-0.25, -0.2) is 13.2 Å². The Bertz CT molecular complexity index is 984. The molecule has 0 bridgehead atoms. The molecule has 2 N–H and O–H groups in total. The Balaban J connectivity index is 1.56. The predicted molar refractivity (Wildman–Crippen MR) is 103 cm³/mol. The molecular formula is C19H20N2O7S. The smallest absolute Gasteiger partial charge is 0.342 e. The van der Waals surface area contributed by atoms with E-state index in [0.29, 0.717) is 32.0 Å². The minimum Gasteiger partial charge on any atom is -0.507 e. The van der Waals surface area contributed by atoms with Crippen LogP contribution in [0.5, 0.6) is 5.75 Å². The molecule has 0 spiro atoms. The molecule has 1 aliphatic rings. The summed E-state index contributed by atoms with van der Waals surface area (Å²) < 4.78 is 36.5. The quantitative estimate of drug-likeness (QED) is 0.674. The van der Waals surface area contributed by atoms with Gasteiger partial charge in [-0.15, -0.1) is 0 Å². The highest BCUT2D eigenvalue weighted by Gasteiger charge is 2.26.